The van der Waals surface area contributed by atoms with E-state index < -0.39 is 18.0 Å². The molecule has 1 N–H and O–H groups in total. The quantitative estimate of drug-likeness (QED) is 0.834. The Kier molecular flexibility index (Phi) is 3.46. The van der Waals surface area contributed by atoms with E-state index in [-0.39, 0.29) is 5.56 Å². The van der Waals surface area contributed by atoms with Gasteiger partial charge in [0.2, 0.25) is 0 Å². The fourth-order valence-corrected chi connectivity index (χ4v) is 1.88. The first-order valence-corrected chi connectivity index (χ1v) is 5.74. The van der Waals surface area contributed by atoms with E-state index in [2.05, 4.69) is 10.3 Å². The van der Waals surface area contributed by atoms with E-state index in [1.165, 1.54) is 23.9 Å². The van der Waals surface area contributed by atoms with Crippen LogP contribution < -0.4 is 0 Å². The van der Waals surface area contributed by atoms with Gasteiger partial charge in [0.15, 0.2) is 6.04 Å². The van der Waals surface area contributed by atoms with Crippen molar-refractivity contribution in [2.75, 3.05) is 7.11 Å². The van der Waals surface area contributed by atoms with Crippen LogP contribution in [0.15, 0.2) is 18.2 Å². The molecule has 0 aliphatic heterocycles. The lowest BCUT2D eigenvalue weighted by Gasteiger charge is -2.12. The molecule has 0 spiro atoms. The van der Waals surface area contributed by atoms with Crippen molar-refractivity contribution in [1.29, 1.82) is 0 Å². The van der Waals surface area contributed by atoms with Crippen LogP contribution in [0.2, 0.25) is 0 Å². The van der Waals surface area contributed by atoms with Crippen LogP contribution >= 0.6 is 0 Å². The zero-order valence-corrected chi connectivity index (χ0v) is 10.5. The number of hydrogen-bond donors (Lipinski definition) is 1. The van der Waals surface area contributed by atoms with Gasteiger partial charge in [-0.2, -0.15) is 0 Å². The summed E-state index contributed by atoms with van der Waals surface area (Å²) in [5.41, 5.74) is 1.16. The predicted octanol–water partition coefficient (Wildman–Crippen LogP) is 1.25. The second kappa shape index (κ2) is 5.05. The van der Waals surface area contributed by atoms with Gasteiger partial charge in [0.05, 0.1) is 18.2 Å². The van der Waals surface area contributed by atoms with Gasteiger partial charge in [-0.3, -0.25) is 0 Å². The van der Waals surface area contributed by atoms with E-state index in [4.69, 9.17) is 9.84 Å². The first-order valence-electron chi connectivity index (χ1n) is 5.74. The minimum atomic E-state index is -1.03. The fourth-order valence-electron chi connectivity index (χ4n) is 1.88. The molecular weight excluding hydrogens is 250 g/mol. The van der Waals surface area contributed by atoms with Crippen molar-refractivity contribution in [2.45, 2.75) is 19.4 Å². The third kappa shape index (κ3) is 2.26. The molecule has 2 aromatic rings. The molecule has 7 heteroatoms. The van der Waals surface area contributed by atoms with Crippen molar-refractivity contribution >= 4 is 23.0 Å². The number of nitrogens with zero attached hydrogens (tertiary/aromatic N) is 3. The lowest BCUT2D eigenvalue weighted by Crippen LogP contribution is -2.21. The number of fused-ring (bicyclic) bond motifs is 1. The van der Waals surface area contributed by atoms with Crippen molar-refractivity contribution in [3.8, 4) is 0 Å². The van der Waals surface area contributed by atoms with Crippen molar-refractivity contribution in [1.82, 2.24) is 15.0 Å². The van der Waals surface area contributed by atoms with E-state index in [1.54, 1.807) is 6.07 Å². The summed E-state index contributed by atoms with van der Waals surface area (Å²) in [6.45, 7) is 1.83. The van der Waals surface area contributed by atoms with E-state index in [1.807, 2.05) is 6.92 Å². The molecule has 1 atom stereocenters. The van der Waals surface area contributed by atoms with Gasteiger partial charge in [-0.25, -0.2) is 14.3 Å². The van der Waals surface area contributed by atoms with Crippen LogP contribution in [0.4, 0.5) is 0 Å². The Hall–Kier alpha value is -2.44. The molecule has 0 aliphatic rings. The number of carbonyl (C=O) groups is 2. The Labute approximate surface area is 108 Å². The highest BCUT2D eigenvalue weighted by Crippen LogP contribution is 2.20. The van der Waals surface area contributed by atoms with E-state index in [0.29, 0.717) is 17.5 Å². The number of methoxy groups -OCH3 is 1. The Balaban J connectivity index is 2.51. The normalized spacial score (nSPS) is 12.3. The van der Waals surface area contributed by atoms with Gasteiger partial charge < -0.3 is 9.84 Å². The summed E-state index contributed by atoms with van der Waals surface area (Å²) in [4.78, 5) is 22.5. The second-order valence-corrected chi connectivity index (χ2v) is 3.99. The summed E-state index contributed by atoms with van der Waals surface area (Å²) in [5, 5.41) is 16.7. The summed E-state index contributed by atoms with van der Waals surface area (Å²) in [7, 11) is 1.31. The van der Waals surface area contributed by atoms with Crippen molar-refractivity contribution in [3.63, 3.8) is 0 Å². The maximum atomic E-state index is 11.7. The van der Waals surface area contributed by atoms with Crippen LogP contribution in [-0.2, 0) is 9.53 Å². The van der Waals surface area contributed by atoms with Gasteiger partial charge in [-0.1, -0.05) is 12.1 Å². The zero-order valence-electron chi connectivity index (χ0n) is 10.5. The van der Waals surface area contributed by atoms with Crippen molar-refractivity contribution in [3.05, 3.63) is 23.8 Å². The summed E-state index contributed by atoms with van der Waals surface area (Å²) >= 11 is 0. The van der Waals surface area contributed by atoms with Crippen LogP contribution in [0.3, 0.4) is 0 Å². The third-order valence-corrected chi connectivity index (χ3v) is 2.87. The number of rotatable bonds is 4. The molecule has 19 heavy (non-hydrogen) atoms. The molecule has 100 valence electrons. The fraction of sp³-hybridized carbons (Fsp3) is 0.333. The van der Waals surface area contributed by atoms with E-state index >= 15 is 0 Å². The first kappa shape index (κ1) is 13.0. The monoisotopic (exact) mass is 263 g/mol. The van der Waals surface area contributed by atoms with Gasteiger partial charge >= 0.3 is 11.9 Å². The molecule has 1 unspecified atom stereocenters. The molecular formula is C12H13N3O4. The molecule has 0 amide bonds. The molecule has 2 rings (SSSR count). The standard InChI is InChI=1S/C12H13N3O4/c1-3-9(12(18)19-2)15-10-5-4-7(11(16)17)6-8(10)13-14-15/h4-6,9H,3H2,1-2H3,(H,16,17). The minimum Gasteiger partial charge on any atom is -0.478 e. The minimum absolute atomic E-state index is 0.130. The highest BCUT2D eigenvalue weighted by Gasteiger charge is 2.22. The van der Waals surface area contributed by atoms with Gasteiger partial charge in [0.1, 0.15) is 5.52 Å². The van der Waals surface area contributed by atoms with Crippen LogP contribution in [0.25, 0.3) is 11.0 Å². The SMILES string of the molecule is CCC(C(=O)OC)n1nnc2cc(C(=O)O)ccc21. The van der Waals surface area contributed by atoms with Crippen LogP contribution in [0, 0.1) is 0 Å². The number of carbonyl (C=O) groups excluding carboxylic acids is 1. The average molecular weight is 263 g/mol. The second-order valence-electron chi connectivity index (χ2n) is 3.99. The number of carboxylic acids is 1. The molecule has 1 aromatic heterocycles. The number of esters is 1. The van der Waals surface area contributed by atoms with Crippen molar-refractivity contribution < 1.29 is 19.4 Å². The van der Waals surface area contributed by atoms with Crippen LogP contribution in [0.1, 0.15) is 29.7 Å². The summed E-state index contributed by atoms with van der Waals surface area (Å²) in [5.74, 6) is -1.44. The molecule has 0 fully saturated rings. The maximum absolute atomic E-state index is 11.7. The molecule has 0 bridgehead atoms. The summed E-state index contributed by atoms with van der Waals surface area (Å²) in [6, 6.07) is 3.90. The highest BCUT2D eigenvalue weighted by atomic mass is 16.5. The number of ether oxygens (including phenoxy) is 1. The third-order valence-electron chi connectivity index (χ3n) is 2.87. The van der Waals surface area contributed by atoms with E-state index in [9.17, 15) is 9.59 Å². The number of benzene rings is 1. The summed E-state index contributed by atoms with van der Waals surface area (Å²) in [6.07, 6.45) is 0.506. The van der Waals surface area contributed by atoms with Gasteiger partial charge in [-0.15, -0.1) is 5.10 Å². The largest absolute Gasteiger partial charge is 0.478 e. The van der Waals surface area contributed by atoms with E-state index in [0.717, 1.165) is 0 Å². The first-order chi connectivity index (χ1) is 9.08. The average Bonchev–Trinajstić information content (AvgIpc) is 2.82. The molecule has 0 saturated heterocycles. The molecule has 0 aliphatic carbocycles. The van der Waals surface area contributed by atoms with Crippen molar-refractivity contribution in [2.24, 2.45) is 0 Å². The van der Waals surface area contributed by atoms with Gasteiger partial charge in [0.25, 0.3) is 0 Å². The Morgan fingerprint density at radius 2 is 2.21 bits per heavy atom. The number of aromatic nitrogens is 3. The predicted molar refractivity (Wildman–Crippen MR) is 65.8 cm³/mol. The lowest BCUT2D eigenvalue weighted by molar-refractivity contribution is -0.144. The molecule has 1 heterocycles. The van der Waals surface area contributed by atoms with Gasteiger partial charge in [0, 0.05) is 0 Å². The Bertz CT molecular complexity index is 635. The molecule has 0 saturated carbocycles. The maximum Gasteiger partial charge on any atom is 0.335 e. The van der Waals surface area contributed by atoms with Gasteiger partial charge in [-0.05, 0) is 24.6 Å². The number of carboxylic acid groups (broad SMARTS) is 1. The molecule has 7 nitrogen and oxygen atoms in total. The van der Waals surface area contributed by atoms with Crippen LogP contribution in [0.5, 0.6) is 0 Å². The number of hydrogen-bond acceptors (Lipinski definition) is 5. The zero-order chi connectivity index (χ0) is 14.0. The Morgan fingerprint density at radius 1 is 1.47 bits per heavy atom. The lowest BCUT2D eigenvalue weighted by atomic mass is 10.2. The molecule has 1 aromatic carbocycles. The highest BCUT2D eigenvalue weighted by molar-refractivity contribution is 5.92. The van der Waals surface area contributed by atoms with Crippen LogP contribution in [-0.4, -0.2) is 39.1 Å². The number of aromatic carboxylic acids is 1. The molecule has 0 radical (unpaired) electrons. The Morgan fingerprint density at radius 3 is 2.79 bits per heavy atom. The smallest absolute Gasteiger partial charge is 0.335 e. The topological polar surface area (TPSA) is 94.3 Å². The summed E-state index contributed by atoms with van der Waals surface area (Å²) < 4.78 is 6.17.